The van der Waals surface area contributed by atoms with Gasteiger partial charge in [-0.1, -0.05) is 60.7 Å². The van der Waals surface area contributed by atoms with Gasteiger partial charge in [0.15, 0.2) is 0 Å². The van der Waals surface area contributed by atoms with Crippen molar-refractivity contribution in [2.24, 2.45) is 5.41 Å². The Balaban J connectivity index is 2.05. The summed E-state index contributed by atoms with van der Waals surface area (Å²) in [6, 6.07) is 20.0. The maximum Gasteiger partial charge on any atom is 0.255 e. The summed E-state index contributed by atoms with van der Waals surface area (Å²) in [6.45, 7) is 19.5. The van der Waals surface area contributed by atoms with Crippen molar-refractivity contribution in [1.82, 2.24) is 15.4 Å². The monoisotopic (exact) mass is 481 g/mol. The molecule has 35 heavy (non-hydrogen) atoms. The van der Waals surface area contributed by atoms with Crippen LogP contribution in [0.3, 0.4) is 0 Å². The molecule has 2 N–H and O–H groups in total. The molecule has 0 aliphatic carbocycles. The molecule has 2 aliphatic rings. The number of ether oxygens (including phenoxy) is 1. The lowest BCUT2D eigenvalue weighted by atomic mass is 9.67. The molecular weight excluding hydrogens is 438 g/mol. The zero-order valence-corrected chi connectivity index (χ0v) is 22.8. The van der Waals surface area contributed by atoms with E-state index in [0.717, 1.165) is 11.1 Å². The van der Waals surface area contributed by atoms with Gasteiger partial charge in [-0.15, -0.1) is 0 Å². The number of nitrogens with zero attached hydrogens (tertiary/aromatic N) is 2. The van der Waals surface area contributed by atoms with Gasteiger partial charge >= 0.3 is 0 Å². The number of benzene rings is 2. The first-order chi connectivity index (χ1) is 16.1. The number of hydrogen-bond acceptors (Lipinski definition) is 6. The highest BCUT2D eigenvalue weighted by atomic mass is 16.8. The second-order valence-corrected chi connectivity index (χ2v) is 12.9. The largest absolute Gasteiger partial charge is 0.334 e. The predicted molar refractivity (Wildman–Crippen MR) is 138 cm³/mol. The van der Waals surface area contributed by atoms with Gasteiger partial charge in [0, 0.05) is 16.6 Å². The third kappa shape index (κ3) is 4.45. The van der Waals surface area contributed by atoms with Gasteiger partial charge in [-0.3, -0.25) is 5.32 Å². The van der Waals surface area contributed by atoms with Gasteiger partial charge in [0.1, 0.15) is 0 Å². The minimum atomic E-state index is -1.17. The van der Waals surface area contributed by atoms with Crippen molar-refractivity contribution in [3.05, 3.63) is 71.8 Å². The van der Waals surface area contributed by atoms with E-state index in [1.165, 1.54) is 5.06 Å². The fraction of sp³-hybridized carbons (Fsp3) is 0.586. The Labute approximate surface area is 211 Å². The van der Waals surface area contributed by atoms with Crippen molar-refractivity contribution in [1.29, 1.82) is 0 Å². The Kier molecular flexibility index (Phi) is 6.49. The molecule has 2 aromatic rings. The second kappa shape index (κ2) is 8.65. The molecule has 2 saturated heterocycles. The molecule has 0 aromatic heterocycles. The van der Waals surface area contributed by atoms with E-state index in [1.807, 2.05) is 45.0 Å². The van der Waals surface area contributed by atoms with Crippen LogP contribution < -0.4 is 5.32 Å². The van der Waals surface area contributed by atoms with E-state index in [-0.39, 0.29) is 17.1 Å². The Hall–Kier alpha value is -1.80. The number of nitrogens with one attached hydrogen (secondary N) is 1. The zero-order valence-electron chi connectivity index (χ0n) is 22.8. The maximum atomic E-state index is 11.9. The molecule has 4 rings (SSSR count). The third-order valence-electron chi connectivity index (χ3n) is 7.27. The predicted octanol–water partition coefficient (Wildman–Crippen LogP) is 6.06. The smallest absolute Gasteiger partial charge is 0.255 e. The summed E-state index contributed by atoms with van der Waals surface area (Å²) in [5, 5.41) is 19.2. The van der Waals surface area contributed by atoms with E-state index >= 15 is 0 Å². The maximum absolute atomic E-state index is 11.9. The molecule has 4 atom stereocenters. The summed E-state index contributed by atoms with van der Waals surface area (Å²) in [6.07, 6.45) is 0. The summed E-state index contributed by atoms with van der Waals surface area (Å²) in [5.41, 5.74) is 0.155. The SMILES string of the molecule is CC1(C)COC2(N1)ON(C(C)(C)C)C(c1ccccc1)C2(C)C(c1ccccc1)N(O)C(C)(C)C. The molecule has 6 heteroatoms. The van der Waals surface area contributed by atoms with Crippen LogP contribution in [0.5, 0.6) is 0 Å². The fourth-order valence-corrected chi connectivity index (χ4v) is 5.59. The minimum absolute atomic E-state index is 0.229. The third-order valence-corrected chi connectivity index (χ3v) is 7.27. The van der Waals surface area contributed by atoms with E-state index in [2.05, 4.69) is 88.3 Å². The Bertz CT molecular complexity index is 1010. The van der Waals surface area contributed by atoms with Crippen molar-refractivity contribution >= 4 is 0 Å². The highest BCUT2D eigenvalue weighted by molar-refractivity contribution is 5.32. The van der Waals surface area contributed by atoms with Crippen LogP contribution in [0.15, 0.2) is 60.7 Å². The minimum Gasteiger partial charge on any atom is -0.334 e. The van der Waals surface area contributed by atoms with Crippen LogP contribution in [0.2, 0.25) is 0 Å². The Morgan fingerprint density at radius 2 is 1.49 bits per heavy atom. The topological polar surface area (TPSA) is 57.2 Å². The highest BCUT2D eigenvalue weighted by Crippen LogP contribution is 2.64. The number of hydroxylamine groups is 4. The lowest BCUT2D eigenvalue weighted by molar-refractivity contribution is -0.347. The van der Waals surface area contributed by atoms with Crippen molar-refractivity contribution < 1.29 is 14.8 Å². The summed E-state index contributed by atoms with van der Waals surface area (Å²) in [5.74, 6) is -1.17. The van der Waals surface area contributed by atoms with Crippen molar-refractivity contribution in [2.75, 3.05) is 6.61 Å². The molecule has 1 spiro atoms. The summed E-state index contributed by atoms with van der Waals surface area (Å²) < 4.78 is 6.66. The van der Waals surface area contributed by atoms with Gasteiger partial charge in [-0.05, 0) is 73.4 Å². The average molecular weight is 482 g/mol. The first-order valence-electron chi connectivity index (χ1n) is 12.6. The molecule has 2 aromatic carbocycles. The van der Waals surface area contributed by atoms with Crippen LogP contribution in [0.1, 0.15) is 85.5 Å². The lowest BCUT2D eigenvalue weighted by Gasteiger charge is -2.51. The van der Waals surface area contributed by atoms with Crippen molar-refractivity contribution in [3.8, 4) is 0 Å². The molecule has 192 valence electrons. The quantitative estimate of drug-likeness (QED) is 0.518. The van der Waals surface area contributed by atoms with Gasteiger partial charge in [0.2, 0.25) is 0 Å². The van der Waals surface area contributed by atoms with Gasteiger partial charge < -0.3 is 9.94 Å². The first kappa shape index (κ1) is 26.3. The Morgan fingerprint density at radius 1 is 0.943 bits per heavy atom. The molecule has 0 bridgehead atoms. The highest BCUT2D eigenvalue weighted by Gasteiger charge is 2.73. The van der Waals surface area contributed by atoms with Crippen LogP contribution >= 0.6 is 0 Å². The molecule has 0 radical (unpaired) electrons. The molecule has 4 unspecified atom stereocenters. The van der Waals surface area contributed by atoms with E-state index in [9.17, 15) is 5.21 Å². The van der Waals surface area contributed by atoms with E-state index in [4.69, 9.17) is 9.57 Å². The summed E-state index contributed by atoms with van der Waals surface area (Å²) in [4.78, 5) is 6.92. The van der Waals surface area contributed by atoms with Crippen LogP contribution in [-0.2, 0) is 9.57 Å². The zero-order chi connectivity index (χ0) is 25.9. The molecule has 2 heterocycles. The van der Waals surface area contributed by atoms with Crippen molar-refractivity contribution in [2.45, 2.75) is 96.9 Å². The van der Waals surface area contributed by atoms with Crippen LogP contribution in [0.25, 0.3) is 0 Å². The van der Waals surface area contributed by atoms with Crippen LogP contribution in [0, 0.1) is 5.41 Å². The molecular formula is C29H43N3O3. The lowest BCUT2D eigenvalue weighted by Crippen LogP contribution is -2.63. The molecule has 6 nitrogen and oxygen atoms in total. The summed E-state index contributed by atoms with van der Waals surface area (Å²) in [7, 11) is 0. The number of hydrogen-bond donors (Lipinski definition) is 2. The normalized spacial score (nSPS) is 30.3. The molecule has 0 amide bonds. The van der Waals surface area contributed by atoms with Gasteiger partial charge in [0.05, 0.1) is 24.1 Å². The molecule has 0 saturated carbocycles. The van der Waals surface area contributed by atoms with Crippen LogP contribution in [-0.4, -0.2) is 44.5 Å². The fourth-order valence-electron chi connectivity index (χ4n) is 5.59. The number of rotatable bonds is 4. The van der Waals surface area contributed by atoms with E-state index in [1.54, 1.807) is 0 Å². The second-order valence-electron chi connectivity index (χ2n) is 12.9. The van der Waals surface area contributed by atoms with Crippen molar-refractivity contribution in [3.63, 3.8) is 0 Å². The van der Waals surface area contributed by atoms with E-state index in [0.29, 0.717) is 6.61 Å². The molecule has 2 fully saturated rings. The summed E-state index contributed by atoms with van der Waals surface area (Å²) >= 11 is 0. The van der Waals surface area contributed by atoms with Gasteiger partial charge in [-0.2, -0.15) is 10.1 Å². The van der Waals surface area contributed by atoms with Crippen LogP contribution in [0.4, 0.5) is 0 Å². The average Bonchev–Trinajstić information content (AvgIpc) is 3.22. The van der Waals surface area contributed by atoms with E-state index < -0.39 is 22.9 Å². The standard InChI is InChI=1S/C29H43N3O3/c1-25(2,3)31(33)23(21-16-12-10-13-17-21)28(9)24(22-18-14-11-15-19-22)32(26(4,5)6)35-29(28)30-27(7,8)20-34-29/h10-19,23-24,30,33H,20H2,1-9H3. The Morgan fingerprint density at radius 3 is 1.94 bits per heavy atom. The first-order valence-corrected chi connectivity index (χ1v) is 12.6. The molecule has 2 aliphatic heterocycles. The van der Waals surface area contributed by atoms with Gasteiger partial charge in [0.25, 0.3) is 5.91 Å². The van der Waals surface area contributed by atoms with Gasteiger partial charge in [-0.25, -0.2) is 4.84 Å².